The molecule has 1 aliphatic carbocycles. The number of benzene rings is 1. The first-order valence-electron chi connectivity index (χ1n) is 6.32. The van der Waals surface area contributed by atoms with Crippen molar-refractivity contribution in [1.29, 1.82) is 0 Å². The predicted molar refractivity (Wildman–Crippen MR) is 74.5 cm³/mol. The molecular weight excluding hydrogens is 299 g/mol. The van der Waals surface area contributed by atoms with E-state index in [2.05, 4.69) is 51.2 Å². The van der Waals surface area contributed by atoms with Gasteiger partial charge in [0.25, 0.3) is 0 Å². The molecule has 0 radical (unpaired) electrons. The Bertz CT molecular complexity index is 370. The average molecular weight is 321 g/mol. The van der Waals surface area contributed by atoms with Gasteiger partial charge in [0, 0.05) is 0 Å². The van der Waals surface area contributed by atoms with Crippen LogP contribution in [0.25, 0.3) is 0 Å². The molecule has 0 N–H and O–H groups in total. The van der Waals surface area contributed by atoms with Gasteiger partial charge in [0.2, 0.25) is 0 Å². The molecule has 1 aromatic rings. The van der Waals surface area contributed by atoms with Crippen molar-refractivity contribution in [1.82, 2.24) is 0 Å². The zero-order valence-corrected chi connectivity index (χ0v) is 13.5. The van der Waals surface area contributed by atoms with Gasteiger partial charge in [-0.2, -0.15) is 0 Å². The Kier molecular flexibility index (Phi) is 3.78. The summed E-state index contributed by atoms with van der Waals surface area (Å²) in [5.41, 5.74) is 1.53. The SMILES string of the molecule is [CH3][Sn]([CH3])([CH3])[C]1=CCC(c2ccccc2)CC1. The number of hydrogen-bond donors (Lipinski definition) is 0. The van der Waals surface area contributed by atoms with Gasteiger partial charge in [-0.25, -0.2) is 0 Å². The molecule has 0 bridgehead atoms. The molecule has 0 aromatic heterocycles. The monoisotopic (exact) mass is 322 g/mol. The summed E-state index contributed by atoms with van der Waals surface area (Å²) < 4.78 is 1.85. The first-order valence-corrected chi connectivity index (χ1v) is 16.3. The van der Waals surface area contributed by atoms with Gasteiger partial charge < -0.3 is 0 Å². The van der Waals surface area contributed by atoms with Crippen molar-refractivity contribution in [2.45, 2.75) is 40.0 Å². The number of rotatable bonds is 2. The maximum atomic E-state index is 2.57. The molecule has 1 aromatic carbocycles. The molecular formula is C15H22Sn. The first-order chi connectivity index (χ1) is 7.57. The topological polar surface area (TPSA) is 0 Å². The van der Waals surface area contributed by atoms with Crippen molar-refractivity contribution in [3.63, 3.8) is 0 Å². The van der Waals surface area contributed by atoms with Crippen LogP contribution in [0.5, 0.6) is 0 Å². The molecule has 1 atom stereocenters. The van der Waals surface area contributed by atoms with Crippen LogP contribution in [0.2, 0.25) is 14.8 Å². The molecule has 86 valence electrons. The number of hydrogen-bond acceptors (Lipinski definition) is 0. The Morgan fingerprint density at radius 2 is 1.75 bits per heavy atom. The van der Waals surface area contributed by atoms with E-state index < -0.39 is 18.4 Å². The van der Waals surface area contributed by atoms with Crippen LogP contribution in [0.15, 0.2) is 40.0 Å². The molecule has 2 rings (SSSR count). The summed E-state index contributed by atoms with van der Waals surface area (Å²) in [4.78, 5) is 7.59. The fourth-order valence-electron chi connectivity index (χ4n) is 2.54. The van der Waals surface area contributed by atoms with Crippen molar-refractivity contribution in [3.05, 3.63) is 45.6 Å². The van der Waals surface area contributed by atoms with E-state index in [4.69, 9.17) is 0 Å². The van der Waals surface area contributed by atoms with Crippen molar-refractivity contribution >= 4 is 18.4 Å². The third kappa shape index (κ3) is 2.91. The van der Waals surface area contributed by atoms with Crippen LogP contribution in [0.3, 0.4) is 0 Å². The minimum absolute atomic E-state index is 0.776. The summed E-state index contributed by atoms with van der Waals surface area (Å²) in [6.07, 6.45) is 6.56. The zero-order valence-electron chi connectivity index (χ0n) is 10.7. The van der Waals surface area contributed by atoms with Crippen LogP contribution >= 0.6 is 0 Å². The van der Waals surface area contributed by atoms with E-state index >= 15 is 0 Å². The minimum atomic E-state index is -1.74. The van der Waals surface area contributed by atoms with Gasteiger partial charge >= 0.3 is 104 Å². The van der Waals surface area contributed by atoms with E-state index in [1.54, 1.807) is 0 Å². The van der Waals surface area contributed by atoms with E-state index in [0.717, 1.165) is 5.92 Å². The Balaban J connectivity index is 2.08. The summed E-state index contributed by atoms with van der Waals surface area (Å²) in [5, 5.41) is 0. The third-order valence-corrected chi connectivity index (χ3v) is 10.4. The van der Waals surface area contributed by atoms with Gasteiger partial charge in [0.05, 0.1) is 0 Å². The Hall–Kier alpha value is -0.241. The van der Waals surface area contributed by atoms with Crippen LogP contribution in [0, 0.1) is 0 Å². The Labute approximate surface area is 104 Å². The summed E-state index contributed by atoms with van der Waals surface area (Å²) in [7, 11) is 0. The van der Waals surface area contributed by atoms with Crippen LogP contribution in [-0.2, 0) is 0 Å². The van der Waals surface area contributed by atoms with Gasteiger partial charge in [-0.3, -0.25) is 0 Å². The Morgan fingerprint density at radius 1 is 1.06 bits per heavy atom. The molecule has 0 saturated carbocycles. The molecule has 0 heterocycles. The molecule has 1 heteroatoms. The predicted octanol–water partition coefficient (Wildman–Crippen LogP) is 4.76. The standard InChI is InChI=1S/C12H13.3CH3.Sn/c1-3-7-11(8-4-1)12-9-5-2-6-10-12;;;;/h1,3-5,7-8,12H,6,9-10H2;3*1H3;. The Morgan fingerprint density at radius 3 is 2.25 bits per heavy atom. The molecule has 0 fully saturated rings. The molecule has 0 aliphatic heterocycles. The molecule has 0 nitrogen and oxygen atoms in total. The molecule has 1 unspecified atom stereocenters. The van der Waals surface area contributed by atoms with Gasteiger partial charge in [0.1, 0.15) is 0 Å². The van der Waals surface area contributed by atoms with Crippen molar-refractivity contribution in [2.75, 3.05) is 0 Å². The first kappa shape index (κ1) is 12.2. The second-order valence-electron chi connectivity index (χ2n) is 5.86. The fraction of sp³-hybridized carbons (Fsp3) is 0.467. The van der Waals surface area contributed by atoms with Gasteiger partial charge in [-0.15, -0.1) is 0 Å². The average Bonchev–Trinajstić information content (AvgIpc) is 2.29. The third-order valence-electron chi connectivity index (χ3n) is 3.65. The summed E-state index contributed by atoms with van der Waals surface area (Å²) in [6.45, 7) is 0. The molecule has 1 aliphatic rings. The van der Waals surface area contributed by atoms with Crippen molar-refractivity contribution < 1.29 is 0 Å². The van der Waals surface area contributed by atoms with Gasteiger partial charge in [-0.1, -0.05) is 0 Å². The van der Waals surface area contributed by atoms with E-state index in [9.17, 15) is 0 Å². The van der Waals surface area contributed by atoms with Gasteiger partial charge in [0.15, 0.2) is 0 Å². The van der Waals surface area contributed by atoms with Crippen molar-refractivity contribution in [2.24, 2.45) is 0 Å². The van der Waals surface area contributed by atoms with E-state index in [1.807, 2.05) is 3.59 Å². The molecule has 0 amide bonds. The fourth-order valence-corrected chi connectivity index (χ4v) is 7.18. The van der Waals surface area contributed by atoms with Crippen molar-refractivity contribution in [3.8, 4) is 0 Å². The van der Waals surface area contributed by atoms with Gasteiger partial charge in [-0.05, 0) is 0 Å². The maximum absolute atomic E-state index is 2.57. The second-order valence-corrected chi connectivity index (χ2v) is 20.5. The van der Waals surface area contributed by atoms with Crippen LogP contribution in [-0.4, -0.2) is 18.4 Å². The summed E-state index contributed by atoms with van der Waals surface area (Å²) in [5.74, 6) is 0.776. The normalized spacial score (nSPS) is 21.7. The van der Waals surface area contributed by atoms with Crippen LogP contribution in [0.4, 0.5) is 0 Å². The molecule has 0 spiro atoms. The summed E-state index contributed by atoms with van der Waals surface area (Å²) >= 11 is -1.74. The second kappa shape index (κ2) is 4.95. The van der Waals surface area contributed by atoms with Crippen LogP contribution < -0.4 is 0 Å². The van der Waals surface area contributed by atoms with E-state index in [1.165, 1.54) is 24.8 Å². The summed E-state index contributed by atoms with van der Waals surface area (Å²) in [6, 6.07) is 11.0. The number of allylic oxidation sites excluding steroid dienone is 2. The van der Waals surface area contributed by atoms with E-state index in [0.29, 0.717) is 0 Å². The quantitative estimate of drug-likeness (QED) is 0.689. The molecule has 16 heavy (non-hydrogen) atoms. The van der Waals surface area contributed by atoms with Crippen LogP contribution in [0.1, 0.15) is 30.7 Å². The van der Waals surface area contributed by atoms with E-state index in [-0.39, 0.29) is 0 Å². The molecule has 0 saturated heterocycles. The zero-order chi connectivity index (χ0) is 11.6.